The molecule has 3 heterocycles. The molecule has 38 heavy (non-hydrogen) atoms. The number of aryl methyl sites for hydroxylation is 2. The Kier molecular flexibility index (Phi) is 7.77. The number of piperidine rings is 1. The molecule has 0 radical (unpaired) electrons. The molecule has 3 fully saturated rings. The van der Waals surface area contributed by atoms with Gasteiger partial charge >= 0.3 is 11.8 Å². The number of ether oxygens (including phenoxy) is 1. The Hall–Kier alpha value is -2.54. The lowest BCUT2D eigenvalue weighted by molar-refractivity contribution is 0.0444. The summed E-state index contributed by atoms with van der Waals surface area (Å²) in [6.45, 7) is 8.57. The maximum atomic E-state index is 13.7. The van der Waals surface area contributed by atoms with Crippen LogP contribution in [0.5, 0.6) is 5.75 Å². The second kappa shape index (κ2) is 10.9. The van der Waals surface area contributed by atoms with Crippen LogP contribution in [0.2, 0.25) is 0 Å². The number of aromatic nitrogens is 2. The van der Waals surface area contributed by atoms with E-state index in [1.165, 1.54) is 4.31 Å². The molecule has 0 unspecified atom stereocenters. The Morgan fingerprint density at radius 2 is 1.66 bits per heavy atom. The standard InChI is InChI=1S/C26H38N6O5S/c1-18-15-22(36-4)16-19(2)24(18)38(34,35)32(21-5-6-21)17-23-27-28-25(37-23)26(33)31-13-11-30(12-14-31)20-7-9-29(3)10-8-20/h15-16,20-21H,5-14,17H2,1-4H3. The van der Waals surface area contributed by atoms with E-state index in [2.05, 4.69) is 27.0 Å². The number of piperazine rings is 1. The number of carbonyl (C=O) groups is 1. The van der Waals surface area contributed by atoms with Crippen molar-refractivity contribution in [1.82, 2.24) is 29.2 Å². The molecular formula is C26H38N6O5S. The summed E-state index contributed by atoms with van der Waals surface area (Å²) in [6, 6.07) is 3.90. The van der Waals surface area contributed by atoms with E-state index in [1.54, 1.807) is 38.0 Å². The molecule has 208 valence electrons. The fourth-order valence-electron chi connectivity index (χ4n) is 5.65. The van der Waals surface area contributed by atoms with Crippen LogP contribution in [0.25, 0.3) is 0 Å². The van der Waals surface area contributed by atoms with E-state index in [1.807, 2.05) is 0 Å². The highest BCUT2D eigenvalue weighted by molar-refractivity contribution is 7.89. The van der Waals surface area contributed by atoms with E-state index in [-0.39, 0.29) is 35.2 Å². The van der Waals surface area contributed by atoms with Crippen molar-refractivity contribution >= 4 is 15.9 Å². The summed E-state index contributed by atoms with van der Waals surface area (Å²) in [5.41, 5.74) is 1.24. The van der Waals surface area contributed by atoms with Gasteiger partial charge in [-0.05, 0) is 82.9 Å². The highest BCUT2D eigenvalue weighted by Crippen LogP contribution is 2.36. The first-order valence-corrected chi connectivity index (χ1v) is 14.8. The Labute approximate surface area is 224 Å². The summed E-state index contributed by atoms with van der Waals surface area (Å²) >= 11 is 0. The lowest BCUT2D eigenvalue weighted by Gasteiger charge is -2.41. The molecule has 0 atom stereocenters. The van der Waals surface area contributed by atoms with E-state index in [9.17, 15) is 13.2 Å². The monoisotopic (exact) mass is 546 g/mol. The van der Waals surface area contributed by atoms with Crippen molar-refractivity contribution in [2.24, 2.45) is 0 Å². The zero-order valence-electron chi connectivity index (χ0n) is 22.7. The zero-order valence-corrected chi connectivity index (χ0v) is 23.5. The third-order valence-corrected chi connectivity index (χ3v) is 10.1. The number of methoxy groups -OCH3 is 1. The van der Waals surface area contributed by atoms with E-state index in [0.29, 0.717) is 36.0 Å². The third-order valence-electron chi connectivity index (χ3n) is 7.94. The van der Waals surface area contributed by atoms with Gasteiger partial charge in [-0.25, -0.2) is 8.42 Å². The van der Waals surface area contributed by atoms with Crippen molar-refractivity contribution < 1.29 is 22.4 Å². The molecule has 1 amide bonds. The van der Waals surface area contributed by atoms with E-state index in [4.69, 9.17) is 9.15 Å². The molecule has 1 aliphatic carbocycles. The Morgan fingerprint density at radius 3 is 2.24 bits per heavy atom. The lowest BCUT2D eigenvalue weighted by Crippen LogP contribution is -2.54. The molecule has 2 saturated heterocycles. The van der Waals surface area contributed by atoms with Crippen LogP contribution in [0.1, 0.15) is 53.4 Å². The fourth-order valence-corrected chi connectivity index (χ4v) is 7.70. The zero-order chi connectivity index (χ0) is 27.0. The van der Waals surface area contributed by atoms with E-state index in [0.717, 1.165) is 51.9 Å². The van der Waals surface area contributed by atoms with Crippen LogP contribution in [0.3, 0.4) is 0 Å². The molecule has 1 aromatic heterocycles. The SMILES string of the molecule is COc1cc(C)c(S(=O)(=O)N(Cc2nnc(C(=O)N3CCN(C4CCN(C)CC4)CC3)o2)C2CC2)c(C)c1. The summed E-state index contributed by atoms with van der Waals surface area (Å²) < 4.78 is 39.9. The summed E-state index contributed by atoms with van der Waals surface area (Å²) in [4.78, 5) is 20.0. The third kappa shape index (κ3) is 5.58. The molecule has 2 aromatic rings. The van der Waals surface area contributed by atoms with Gasteiger partial charge in [-0.1, -0.05) is 0 Å². The summed E-state index contributed by atoms with van der Waals surface area (Å²) in [5, 5.41) is 8.04. The van der Waals surface area contributed by atoms with Gasteiger partial charge in [0.05, 0.1) is 18.6 Å². The predicted octanol–water partition coefficient (Wildman–Crippen LogP) is 1.90. The maximum absolute atomic E-state index is 13.7. The smallest absolute Gasteiger partial charge is 0.311 e. The van der Waals surface area contributed by atoms with Crippen molar-refractivity contribution in [3.05, 3.63) is 35.0 Å². The number of carbonyl (C=O) groups excluding carboxylic acids is 1. The van der Waals surface area contributed by atoms with Crippen molar-refractivity contribution in [2.75, 3.05) is 53.4 Å². The number of sulfonamides is 1. The van der Waals surface area contributed by atoms with Crippen molar-refractivity contribution in [3.63, 3.8) is 0 Å². The van der Waals surface area contributed by atoms with Crippen LogP contribution in [0, 0.1) is 13.8 Å². The van der Waals surface area contributed by atoms with Crippen molar-refractivity contribution in [1.29, 1.82) is 0 Å². The average Bonchev–Trinajstić information content (AvgIpc) is 3.63. The highest BCUT2D eigenvalue weighted by atomic mass is 32.2. The van der Waals surface area contributed by atoms with Gasteiger partial charge in [0.25, 0.3) is 0 Å². The fraction of sp³-hybridized carbons (Fsp3) is 0.654. The van der Waals surface area contributed by atoms with Crippen LogP contribution in [0.4, 0.5) is 0 Å². The van der Waals surface area contributed by atoms with Gasteiger partial charge in [-0.2, -0.15) is 4.31 Å². The molecule has 12 heteroatoms. The molecule has 0 bridgehead atoms. The van der Waals surface area contributed by atoms with Gasteiger partial charge in [0.15, 0.2) is 0 Å². The second-order valence-electron chi connectivity index (χ2n) is 10.7. The minimum Gasteiger partial charge on any atom is -0.497 e. The summed E-state index contributed by atoms with van der Waals surface area (Å²) in [6.07, 6.45) is 3.87. The minimum atomic E-state index is -3.83. The molecule has 11 nitrogen and oxygen atoms in total. The molecule has 1 saturated carbocycles. The molecule has 0 N–H and O–H groups in total. The normalized spacial score (nSPS) is 20.3. The molecule has 3 aliphatic rings. The molecule has 5 rings (SSSR count). The van der Waals surface area contributed by atoms with Crippen LogP contribution in [0.15, 0.2) is 21.4 Å². The van der Waals surface area contributed by atoms with Gasteiger partial charge in [0, 0.05) is 38.3 Å². The van der Waals surface area contributed by atoms with Crippen LogP contribution in [-0.2, 0) is 16.6 Å². The predicted molar refractivity (Wildman–Crippen MR) is 141 cm³/mol. The molecular weight excluding hydrogens is 508 g/mol. The quantitative estimate of drug-likeness (QED) is 0.490. The van der Waals surface area contributed by atoms with Gasteiger partial charge < -0.3 is 19.0 Å². The number of hydrogen-bond acceptors (Lipinski definition) is 9. The highest BCUT2D eigenvalue weighted by Gasteiger charge is 2.41. The van der Waals surface area contributed by atoms with E-state index >= 15 is 0 Å². The van der Waals surface area contributed by atoms with E-state index < -0.39 is 10.0 Å². The first kappa shape index (κ1) is 27.0. The van der Waals surface area contributed by atoms with Gasteiger partial charge in [0.1, 0.15) is 5.75 Å². The maximum Gasteiger partial charge on any atom is 0.311 e. The average molecular weight is 547 g/mol. The molecule has 2 aliphatic heterocycles. The number of nitrogens with zero attached hydrogens (tertiary/aromatic N) is 6. The Morgan fingerprint density at radius 1 is 1.03 bits per heavy atom. The van der Waals surface area contributed by atoms with Crippen molar-refractivity contribution in [2.45, 2.75) is 63.1 Å². The van der Waals surface area contributed by atoms with Crippen molar-refractivity contribution in [3.8, 4) is 5.75 Å². The Bertz CT molecular complexity index is 1240. The largest absolute Gasteiger partial charge is 0.497 e. The van der Waals surface area contributed by atoms with Crippen LogP contribution < -0.4 is 4.74 Å². The van der Waals surface area contributed by atoms with Gasteiger partial charge in [-0.3, -0.25) is 9.69 Å². The second-order valence-corrected chi connectivity index (χ2v) is 12.6. The summed E-state index contributed by atoms with van der Waals surface area (Å²) in [7, 11) is -0.111. The topological polar surface area (TPSA) is 112 Å². The number of amides is 1. The number of rotatable bonds is 8. The lowest BCUT2D eigenvalue weighted by atomic mass is 10.0. The number of hydrogen-bond donors (Lipinski definition) is 0. The number of likely N-dealkylation sites (tertiary alicyclic amines) is 1. The Balaban J connectivity index is 1.25. The van der Waals surface area contributed by atoms with Gasteiger partial charge in [0.2, 0.25) is 15.9 Å². The number of benzene rings is 1. The van der Waals surface area contributed by atoms with Crippen LogP contribution in [-0.4, -0.2) is 109 Å². The minimum absolute atomic E-state index is 0.0674. The van der Waals surface area contributed by atoms with Gasteiger partial charge in [-0.15, -0.1) is 10.2 Å². The molecule has 1 aromatic carbocycles. The first-order chi connectivity index (χ1) is 18.2. The van der Waals surface area contributed by atoms with Crippen LogP contribution >= 0.6 is 0 Å². The summed E-state index contributed by atoms with van der Waals surface area (Å²) in [5.74, 6) is 0.355. The first-order valence-electron chi connectivity index (χ1n) is 13.4. The molecule has 0 spiro atoms.